The highest BCUT2D eigenvalue weighted by Crippen LogP contribution is 2.80. The van der Waals surface area contributed by atoms with Crippen LogP contribution in [0.25, 0.3) is 0 Å². The van der Waals surface area contributed by atoms with E-state index in [0.29, 0.717) is 25.4 Å². The summed E-state index contributed by atoms with van der Waals surface area (Å²) in [7, 11) is 0. The van der Waals surface area contributed by atoms with Gasteiger partial charge in [-0.05, 0) is 93.3 Å². The summed E-state index contributed by atoms with van der Waals surface area (Å²) in [5.74, 6) is -0.356. The summed E-state index contributed by atoms with van der Waals surface area (Å²) in [6.45, 7) is 13.0. The van der Waals surface area contributed by atoms with Gasteiger partial charge >= 0.3 is 0 Å². The maximum absolute atomic E-state index is 12.3. The van der Waals surface area contributed by atoms with Gasteiger partial charge in [0.2, 0.25) is 0 Å². The molecule has 4 saturated carbocycles. The number of fused-ring (bicyclic) bond motifs is 4. The summed E-state index contributed by atoms with van der Waals surface area (Å²) in [5.41, 5.74) is -0.869. The van der Waals surface area contributed by atoms with Gasteiger partial charge in [0.15, 0.2) is 37.2 Å². The van der Waals surface area contributed by atoms with E-state index in [9.17, 15) is 71.5 Å². The second-order valence-electron chi connectivity index (χ2n) is 27.7. The molecule has 7 heterocycles. The lowest BCUT2D eigenvalue weighted by molar-refractivity contribution is -0.388. The maximum atomic E-state index is 12.3. The fourth-order valence-electron chi connectivity index (χ4n) is 18.1. The number of rotatable bonds is 13. The van der Waals surface area contributed by atoms with Gasteiger partial charge in [0.1, 0.15) is 104 Å². The Hall–Kier alpha value is -1.30. The topological polar surface area (TPSA) is 394 Å². The largest absolute Gasteiger partial charge is 0.394 e. The van der Waals surface area contributed by atoms with Gasteiger partial charge in [-0.15, -0.1) is 0 Å². The van der Waals surface area contributed by atoms with Crippen LogP contribution in [0.3, 0.4) is 0 Å². The van der Waals surface area contributed by atoms with E-state index in [0.717, 1.165) is 44.1 Å². The average molecular weight is 1190 g/mol. The number of hydrogen-bond donors (Lipinski definition) is 14. The van der Waals surface area contributed by atoms with Crippen LogP contribution in [-0.4, -0.2) is 270 Å². The Morgan fingerprint density at radius 3 is 1.81 bits per heavy atom. The van der Waals surface area contributed by atoms with E-state index < -0.39 is 191 Å². The van der Waals surface area contributed by atoms with Crippen LogP contribution in [0.1, 0.15) is 99.8 Å². The van der Waals surface area contributed by atoms with Crippen LogP contribution in [-0.2, 0) is 56.8 Å². The van der Waals surface area contributed by atoms with Gasteiger partial charge in [0.25, 0.3) is 0 Å². The highest BCUT2D eigenvalue weighted by Gasteiger charge is 2.81. The number of ether oxygens (including phenoxy) is 12. The van der Waals surface area contributed by atoms with Gasteiger partial charge in [0.05, 0.1) is 57.5 Å². The Kier molecular flexibility index (Phi) is 17.7. The molecule has 26 nitrogen and oxygen atoms in total. The Balaban J connectivity index is 0.815. The Labute approximate surface area is 482 Å². The molecule has 0 amide bonds. The summed E-state index contributed by atoms with van der Waals surface area (Å²) >= 11 is 0. The molecule has 11 aliphatic rings. The number of aliphatic hydroxyl groups is 14. The minimum Gasteiger partial charge on any atom is -0.394 e. The van der Waals surface area contributed by atoms with Crippen molar-refractivity contribution in [3.05, 3.63) is 11.6 Å². The van der Waals surface area contributed by atoms with Gasteiger partial charge in [-0.2, -0.15) is 0 Å². The molecule has 11 fully saturated rings. The molecule has 0 aromatic carbocycles. The molecule has 0 radical (unpaired) electrons. The number of hydrogen-bond acceptors (Lipinski definition) is 26. The van der Waals surface area contributed by atoms with Crippen LogP contribution in [0.2, 0.25) is 0 Å². The molecular weight excluding hydrogens is 1100 g/mol. The Morgan fingerprint density at radius 1 is 0.566 bits per heavy atom. The van der Waals surface area contributed by atoms with Crippen LogP contribution in [0, 0.1) is 45.3 Å². The smallest absolute Gasteiger partial charge is 0.187 e. The van der Waals surface area contributed by atoms with E-state index in [1.807, 2.05) is 20.8 Å². The predicted octanol–water partition coefficient (Wildman–Crippen LogP) is -3.11. The van der Waals surface area contributed by atoms with Gasteiger partial charge in [-0.1, -0.05) is 39.3 Å². The Bertz CT molecular complexity index is 2290. The van der Waals surface area contributed by atoms with Crippen LogP contribution < -0.4 is 0 Å². The first kappa shape index (κ1) is 63.3. The van der Waals surface area contributed by atoms with Crippen molar-refractivity contribution in [3.8, 4) is 0 Å². The number of allylic oxidation sites excluding steroid dienone is 1. The monoisotopic (exact) mass is 1190 g/mol. The fourth-order valence-corrected chi connectivity index (χ4v) is 18.1. The minimum absolute atomic E-state index is 0.135. The van der Waals surface area contributed by atoms with Crippen molar-refractivity contribution in [2.24, 2.45) is 45.3 Å². The third-order valence-electron chi connectivity index (χ3n) is 22.2. The van der Waals surface area contributed by atoms with Crippen molar-refractivity contribution in [1.82, 2.24) is 0 Å². The highest BCUT2D eigenvalue weighted by molar-refractivity contribution is 5.27. The summed E-state index contributed by atoms with van der Waals surface area (Å²) in [6, 6.07) is 0. The lowest BCUT2D eigenvalue weighted by Gasteiger charge is -2.70. The SMILES string of the molecule is CC(C)=C[C@@H]1C[C@](C)(O)[C@H]2[C@@H]3CC[C@@H]4[C@@]5(C)CC[C@H](O[C@H]6OC[C@H](O)[C@@H](O[C@H]7O[C@@H](CO[C@H]8O[C@@H](CO)[C@H](O)[C@@H](O)[C@@H]8O[C@H]8OC[C@H](O)[C@@H](O)[C@@H]8O)[C@H](O)[C@@H](O)[C@@H]7O)[C@@H]6O[C@H]6OC[C@H](O)[C@@H](O)[C@@H]6O)C(C)(C)[C@H]5CC[C@]4(C)[C@@]34CO[C@@]2(C4)O1. The van der Waals surface area contributed by atoms with Crippen molar-refractivity contribution in [2.45, 2.75) is 259 Å². The van der Waals surface area contributed by atoms with Crippen LogP contribution in [0.4, 0.5) is 0 Å². The van der Waals surface area contributed by atoms with E-state index in [-0.39, 0.29) is 40.1 Å². The molecule has 4 aliphatic carbocycles. The molecule has 476 valence electrons. The first-order valence-corrected chi connectivity index (χ1v) is 29.9. The fraction of sp³-hybridized carbons (Fsp3) is 0.965. The molecule has 2 spiro atoms. The molecule has 11 rings (SSSR count). The zero-order chi connectivity index (χ0) is 59.8. The molecule has 83 heavy (non-hydrogen) atoms. The van der Waals surface area contributed by atoms with Gasteiger partial charge < -0.3 is 128 Å². The zero-order valence-corrected chi connectivity index (χ0v) is 48.3. The molecule has 7 saturated heterocycles. The van der Waals surface area contributed by atoms with Crippen LogP contribution in [0.5, 0.6) is 0 Å². The highest BCUT2D eigenvalue weighted by atomic mass is 16.8. The first-order valence-electron chi connectivity index (χ1n) is 29.9. The molecule has 0 aromatic rings. The summed E-state index contributed by atoms with van der Waals surface area (Å²) in [5, 5.41) is 153. The molecule has 7 aliphatic heterocycles. The lowest BCUT2D eigenvalue weighted by atomic mass is 9.35. The van der Waals surface area contributed by atoms with Crippen molar-refractivity contribution in [1.29, 1.82) is 0 Å². The van der Waals surface area contributed by atoms with E-state index >= 15 is 0 Å². The number of aliphatic hydroxyl groups excluding tert-OH is 13. The van der Waals surface area contributed by atoms with E-state index in [1.54, 1.807) is 0 Å². The van der Waals surface area contributed by atoms with E-state index in [2.05, 4.69) is 33.8 Å². The third kappa shape index (κ3) is 10.5. The molecule has 0 aromatic heterocycles. The molecule has 33 atom stereocenters. The second kappa shape index (κ2) is 23.2. The first-order chi connectivity index (χ1) is 39.0. The maximum Gasteiger partial charge on any atom is 0.187 e. The third-order valence-corrected chi connectivity index (χ3v) is 22.2. The summed E-state index contributed by atoms with van der Waals surface area (Å²) < 4.78 is 74.4. The molecule has 14 N–H and O–H groups in total. The minimum atomic E-state index is -2.01. The normalized spacial score (nSPS) is 56.7. The molecule has 0 unspecified atom stereocenters. The quantitative estimate of drug-likeness (QED) is 0.0641. The molecular formula is C57H92O26. The predicted molar refractivity (Wildman–Crippen MR) is 278 cm³/mol. The van der Waals surface area contributed by atoms with Gasteiger partial charge in [-0.3, -0.25) is 0 Å². The van der Waals surface area contributed by atoms with E-state index in [1.165, 1.54) is 0 Å². The molecule has 2 bridgehead atoms. The van der Waals surface area contributed by atoms with Gasteiger partial charge in [-0.25, -0.2) is 0 Å². The van der Waals surface area contributed by atoms with Crippen molar-refractivity contribution in [2.75, 3.05) is 39.6 Å². The lowest BCUT2D eigenvalue weighted by Crippen LogP contribution is -2.68. The van der Waals surface area contributed by atoms with Crippen molar-refractivity contribution >= 4 is 0 Å². The zero-order valence-electron chi connectivity index (χ0n) is 48.3. The second-order valence-corrected chi connectivity index (χ2v) is 27.7. The summed E-state index contributed by atoms with van der Waals surface area (Å²) in [4.78, 5) is 0. The standard InChI is InChI=1S/C57H92O26/c1-23(2)14-24-15-55(7,71)46-25-8-9-32-53(5)12-11-33(52(3,4)31(53)10-13-54(32,6)56(25)21-57(46,83-24)76-22-56)79-51-45(82-48-41(69)35(63)27(60)18-73-48)43(28(61)19-74-51)80-49-42(70)38(66)37(65)30(78-49)20-75-50-44(39(67)36(64)29(16-58)77-50)81-47-40(68)34(62)26(59)17-72-47/h14,24-51,58-71H,8-13,15-22H2,1-7H3/t24-,25+,26+,27+,28+,29+,30+,31-,32-,33+,34-,35-,36+,37+,38-,39-,40+,41+,42+,43-,44+,45+,46-,47-,48-,49-,50+,51-,53+,54+,55+,56+,57+/m1/s1. The van der Waals surface area contributed by atoms with Crippen molar-refractivity contribution < 1.29 is 128 Å². The van der Waals surface area contributed by atoms with Crippen molar-refractivity contribution in [3.63, 3.8) is 0 Å². The van der Waals surface area contributed by atoms with Gasteiger partial charge in [0, 0.05) is 24.2 Å². The van der Waals surface area contributed by atoms with Crippen LogP contribution in [0.15, 0.2) is 11.6 Å². The summed E-state index contributed by atoms with van der Waals surface area (Å²) in [6.07, 6.45) is -29.8. The van der Waals surface area contributed by atoms with E-state index in [4.69, 9.17) is 56.8 Å². The Morgan fingerprint density at radius 2 is 1.16 bits per heavy atom. The molecule has 26 heteroatoms. The van der Waals surface area contributed by atoms with Crippen LogP contribution >= 0.6 is 0 Å². The average Bonchev–Trinajstić information content (AvgIpc) is 1.59.